The second-order valence-electron chi connectivity index (χ2n) is 8.25. The molecule has 0 bridgehead atoms. The molecule has 1 aliphatic rings. The van der Waals surface area contributed by atoms with Crippen LogP contribution in [0.5, 0.6) is 0 Å². The van der Waals surface area contributed by atoms with E-state index in [2.05, 4.69) is 92.1 Å². The minimum atomic E-state index is 0.00316. The first kappa shape index (κ1) is 21.2. The minimum Gasteiger partial charge on any atom is -0.297 e. The summed E-state index contributed by atoms with van der Waals surface area (Å²) < 4.78 is 1.87. The van der Waals surface area contributed by atoms with Crippen molar-refractivity contribution in [2.75, 3.05) is 32.7 Å². The number of nitrogens with zero attached hydrogens (tertiary/aromatic N) is 6. The van der Waals surface area contributed by atoms with Crippen LogP contribution in [-0.4, -0.2) is 62.7 Å². The first-order valence-electron chi connectivity index (χ1n) is 11.4. The molecular weight excluding hydrogens is 408 g/mol. The van der Waals surface area contributed by atoms with E-state index in [0.717, 1.165) is 44.2 Å². The van der Waals surface area contributed by atoms with Gasteiger partial charge in [0, 0.05) is 32.7 Å². The maximum absolute atomic E-state index is 4.48. The number of hydrogen-bond acceptors (Lipinski definition) is 5. The molecular formula is C27H28N6. The second-order valence-corrected chi connectivity index (χ2v) is 8.25. The Hall–Kier alpha value is -3.61. The predicted octanol–water partition coefficient (Wildman–Crippen LogP) is 4.08. The molecule has 0 amide bonds. The summed E-state index contributed by atoms with van der Waals surface area (Å²) in [6.07, 6.45) is 4.46. The zero-order valence-corrected chi connectivity index (χ0v) is 18.6. The van der Waals surface area contributed by atoms with Crippen molar-refractivity contribution in [1.29, 1.82) is 0 Å². The van der Waals surface area contributed by atoms with Crippen LogP contribution in [0.15, 0.2) is 97.1 Å². The van der Waals surface area contributed by atoms with Gasteiger partial charge < -0.3 is 0 Å². The molecule has 33 heavy (non-hydrogen) atoms. The van der Waals surface area contributed by atoms with Crippen LogP contribution in [0.4, 0.5) is 0 Å². The van der Waals surface area contributed by atoms with Crippen molar-refractivity contribution >= 4 is 6.08 Å². The van der Waals surface area contributed by atoms with Crippen LogP contribution in [0.3, 0.4) is 0 Å². The molecule has 0 aliphatic carbocycles. The van der Waals surface area contributed by atoms with Crippen LogP contribution in [0.25, 0.3) is 11.8 Å². The van der Waals surface area contributed by atoms with Crippen molar-refractivity contribution in [2.24, 2.45) is 0 Å². The third-order valence-electron chi connectivity index (χ3n) is 6.10. The molecule has 3 aromatic carbocycles. The van der Waals surface area contributed by atoms with Crippen LogP contribution >= 0.6 is 0 Å². The van der Waals surface area contributed by atoms with E-state index in [1.807, 2.05) is 41.1 Å². The molecule has 1 fully saturated rings. The maximum Gasteiger partial charge on any atom is 0.178 e. The van der Waals surface area contributed by atoms with Crippen molar-refractivity contribution in [2.45, 2.75) is 6.04 Å². The van der Waals surface area contributed by atoms with Crippen LogP contribution in [0, 0.1) is 0 Å². The maximum atomic E-state index is 4.48. The summed E-state index contributed by atoms with van der Waals surface area (Å²) in [6.45, 7) is 4.89. The largest absolute Gasteiger partial charge is 0.297 e. The van der Waals surface area contributed by atoms with Crippen molar-refractivity contribution in [3.05, 3.63) is 114 Å². The topological polar surface area (TPSA) is 50.1 Å². The summed E-state index contributed by atoms with van der Waals surface area (Å²) >= 11 is 0. The zero-order valence-electron chi connectivity index (χ0n) is 18.6. The Bertz CT molecular complexity index is 1150. The molecule has 4 aromatic rings. The SMILES string of the molecule is C(=C\c1ccccc1)/CN1CCN([C@H](c2ccccc2)c2nnnn2-c2ccccc2)CC1. The molecule has 6 heteroatoms. The quantitative estimate of drug-likeness (QED) is 0.437. The highest BCUT2D eigenvalue weighted by Gasteiger charge is 2.30. The first-order valence-corrected chi connectivity index (χ1v) is 11.4. The number of para-hydroxylation sites is 1. The Kier molecular flexibility index (Phi) is 6.66. The molecule has 6 nitrogen and oxygen atoms in total. The number of aromatic nitrogens is 4. The smallest absolute Gasteiger partial charge is 0.178 e. The molecule has 1 saturated heterocycles. The molecule has 0 radical (unpaired) electrons. The van der Waals surface area contributed by atoms with Gasteiger partial charge in [0.05, 0.1) is 11.7 Å². The number of benzene rings is 3. The average molecular weight is 437 g/mol. The van der Waals surface area contributed by atoms with Crippen LogP contribution in [0.1, 0.15) is 23.0 Å². The lowest BCUT2D eigenvalue weighted by Gasteiger charge is -2.38. The molecule has 166 valence electrons. The highest BCUT2D eigenvalue weighted by Crippen LogP contribution is 2.29. The molecule has 0 spiro atoms. The van der Waals surface area contributed by atoms with E-state index in [1.54, 1.807) is 0 Å². The average Bonchev–Trinajstić information content (AvgIpc) is 3.36. The summed E-state index contributed by atoms with van der Waals surface area (Å²) in [5, 5.41) is 12.8. The summed E-state index contributed by atoms with van der Waals surface area (Å²) in [5.41, 5.74) is 3.43. The van der Waals surface area contributed by atoms with Gasteiger partial charge in [-0.3, -0.25) is 9.80 Å². The van der Waals surface area contributed by atoms with Gasteiger partial charge in [-0.05, 0) is 33.7 Å². The van der Waals surface area contributed by atoms with Gasteiger partial charge in [0.2, 0.25) is 0 Å². The Morgan fingerprint density at radius 1 is 0.758 bits per heavy atom. The Balaban J connectivity index is 1.33. The Morgan fingerprint density at radius 2 is 1.39 bits per heavy atom. The third kappa shape index (κ3) is 5.08. The van der Waals surface area contributed by atoms with Crippen LogP contribution < -0.4 is 0 Å². The van der Waals surface area contributed by atoms with Gasteiger partial charge in [-0.15, -0.1) is 5.10 Å². The molecule has 0 N–H and O–H groups in total. The van der Waals surface area contributed by atoms with Gasteiger partial charge in [0.25, 0.3) is 0 Å². The number of tetrazole rings is 1. The summed E-state index contributed by atoms with van der Waals surface area (Å²) in [4.78, 5) is 5.00. The van der Waals surface area contributed by atoms with Crippen LogP contribution in [-0.2, 0) is 0 Å². The highest BCUT2D eigenvalue weighted by molar-refractivity contribution is 5.48. The number of hydrogen-bond donors (Lipinski definition) is 0. The molecule has 0 unspecified atom stereocenters. The van der Waals surface area contributed by atoms with E-state index in [0.29, 0.717) is 0 Å². The summed E-state index contributed by atoms with van der Waals surface area (Å²) in [5.74, 6) is 0.852. The molecule has 1 atom stereocenters. The fourth-order valence-electron chi connectivity index (χ4n) is 4.38. The monoisotopic (exact) mass is 436 g/mol. The fraction of sp³-hybridized carbons (Fsp3) is 0.222. The van der Waals surface area contributed by atoms with E-state index in [9.17, 15) is 0 Å². The third-order valence-corrected chi connectivity index (χ3v) is 6.10. The lowest BCUT2D eigenvalue weighted by molar-refractivity contribution is 0.113. The highest BCUT2D eigenvalue weighted by atomic mass is 15.6. The Labute approximate surface area is 194 Å². The van der Waals surface area contributed by atoms with Gasteiger partial charge in [-0.1, -0.05) is 91.0 Å². The molecule has 1 aliphatic heterocycles. The van der Waals surface area contributed by atoms with E-state index in [4.69, 9.17) is 0 Å². The van der Waals surface area contributed by atoms with Gasteiger partial charge in [0.15, 0.2) is 5.82 Å². The molecule has 0 saturated carbocycles. The van der Waals surface area contributed by atoms with Crippen molar-refractivity contribution in [3.8, 4) is 5.69 Å². The van der Waals surface area contributed by atoms with E-state index >= 15 is 0 Å². The summed E-state index contributed by atoms with van der Waals surface area (Å²) in [6, 6.07) is 31.2. The summed E-state index contributed by atoms with van der Waals surface area (Å²) in [7, 11) is 0. The molecule has 2 heterocycles. The Morgan fingerprint density at radius 3 is 2.09 bits per heavy atom. The van der Waals surface area contributed by atoms with E-state index in [1.165, 1.54) is 11.1 Å². The van der Waals surface area contributed by atoms with Crippen molar-refractivity contribution in [3.63, 3.8) is 0 Å². The standard InChI is InChI=1S/C27H28N6/c1-4-11-23(12-5-1)13-10-18-31-19-21-32(22-20-31)26(24-14-6-2-7-15-24)27-28-29-30-33(27)25-16-8-3-9-17-25/h1-17,26H,18-22H2/b13-10+/t26-/m1/s1. The minimum absolute atomic E-state index is 0.00316. The second kappa shape index (κ2) is 10.3. The lowest BCUT2D eigenvalue weighted by Crippen LogP contribution is -2.48. The fourth-order valence-corrected chi connectivity index (χ4v) is 4.38. The van der Waals surface area contributed by atoms with Crippen molar-refractivity contribution < 1.29 is 0 Å². The van der Waals surface area contributed by atoms with Gasteiger partial charge in [-0.2, -0.15) is 4.68 Å². The van der Waals surface area contributed by atoms with Gasteiger partial charge >= 0.3 is 0 Å². The van der Waals surface area contributed by atoms with Gasteiger partial charge in [-0.25, -0.2) is 0 Å². The van der Waals surface area contributed by atoms with E-state index in [-0.39, 0.29) is 6.04 Å². The normalized spacial score (nSPS) is 16.2. The lowest BCUT2D eigenvalue weighted by atomic mass is 10.0. The van der Waals surface area contributed by atoms with Crippen molar-refractivity contribution in [1.82, 2.24) is 30.0 Å². The molecule has 5 rings (SSSR count). The van der Waals surface area contributed by atoms with Crippen LogP contribution in [0.2, 0.25) is 0 Å². The predicted molar refractivity (Wildman–Crippen MR) is 131 cm³/mol. The zero-order chi connectivity index (χ0) is 22.3. The number of piperazine rings is 1. The van der Waals surface area contributed by atoms with Gasteiger partial charge in [0.1, 0.15) is 0 Å². The molecule has 1 aromatic heterocycles. The number of rotatable bonds is 7. The van der Waals surface area contributed by atoms with E-state index < -0.39 is 0 Å². The first-order chi connectivity index (χ1) is 16.4.